The second kappa shape index (κ2) is 14.4. The number of hydrogen-bond donors (Lipinski definition) is 3. The fourth-order valence-corrected chi connectivity index (χ4v) is 6.45. The SMILES string of the molecule is CC(C)c1ccc(CNC(=O)[C@H]2C[C@H](NC(=O)CNC(=O)OC(C)(C)C)CCN2S(=O)(=O)c2ccc(C(C)C)cc2)cc1. The maximum absolute atomic E-state index is 13.8. The maximum atomic E-state index is 13.8. The van der Waals surface area contributed by atoms with Gasteiger partial charge in [0.05, 0.1) is 4.90 Å². The zero-order chi connectivity index (χ0) is 31.9. The van der Waals surface area contributed by atoms with E-state index in [0.29, 0.717) is 12.3 Å². The lowest BCUT2D eigenvalue weighted by Crippen LogP contribution is -2.57. The minimum atomic E-state index is -4.00. The summed E-state index contributed by atoms with van der Waals surface area (Å²) in [5.74, 6) is -0.276. The molecular formula is C32H46N4O6S. The Kier molecular flexibility index (Phi) is 11.4. The summed E-state index contributed by atoms with van der Waals surface area (Å²) in [7, 11) is -4.00. The highest BCUT2D eigenvalue weighted by molar-refractivity contribution is 7.89. The van der Waals surface area contributed by atoms with Crippen molar-refractivity contribution in [3.8, 4) is 0 Å². The van der Waals surface area contributed by atoms with E-state index in [4.69, 9.17) is 4.74 Å². The van der Waals surface area contributed by atoms with E-state index in [1.807, 2.05) is 38.1 Å². The highest BCUT2D eigenvalue weighted by atomic mass is 32.2. The molecule has 0 saturated carbocycles. The number of ether oxygens (including phenoxy) is 1. The molecular weight excluding hydrogens is 568 g/mol. The zero-order valence-corrected chi connectivity index (χ0v) is 27.1. The average molecular weight is 615 g/mol. The monoisotopic (exact) mass is 614 g/mol. The number of carbonyl (C=O) groups excluding carboxylic acids is 3. The minimum absolute atomic E-state index is 0.0415. The molecule has 0 spiro atoms. The summed E-state index contributed by atoms with van der Waals surface area (Å²) in [4.78, 5) is 38.2. The lowest BCUT2D eigenvalue weighted by molar-refractivity contribution is -0.127. The van der Waals surface area contributed by atoms with Gasteiger partial charge in [-0.15, -0.1) is 0 Å². The third-order valence-electron chi connectivity index (χ3n) is 7.28. The van der Waals surface area contributed by atoms with Gasteiger partial charge in [-0.2, -0.15) is 4.31 Å². The molecule has 2 atom stereocenters. The first kappa shape index (κ1) is 34.1. The van der Waals surface area contributed by atoms with Crippen LogP contribution in [0.5, 0.6) is 0 Å². The molecule has 3 amide bonds. The first-order valence-electron chi connectivity index (χ1n) is 14.8. The summed E-state index contributed by atoms with van der Waals surface area (Å²) >= 11 is 0. The molecule has 3 N–H and O–H groups in total. The minimum Gasteiger partial charge on any atom is -0.444 e. The Hall–Kier alpha value is -3.44. The summed E-state index contributed by atoms with van der Waals surface area (Å²) < 4.78 is 34.0. The number of rotatable bonds is 10. The summed E-state index contributed by atoms with van der Waals surface area (Å²) in [6.07, 6.45) is -0.327. The van der Waals surface area contributed by atoms with E-state index < -0.39 is 45.6 Å². The molecule has 1 aliphatic rings. The van der Waals surface area contributed by atoms with Crippen molar-refractivity contribution >= 4 is 27.9 Å². The van der Waals surface area contributed by atoms with Gasteiger partial charge >= 0.3 is 6.09 Å². The predicted molar refractivity (Wildman–Crippen MR) is 166 cm³/mol. The molecule has 0 aliphatic carbocycles. The second-order valence-electron chi connectivity index (χ2n) is 12.6. The van der Waals surface area contributed by atoms with Crippen molar-refractivity contribution in [2.75, 3.05) is 13.1 Å². The Morgan fingerprint density at radius 3 is 2.00 bits per heavy atom. The predicted octanol–water partition coefficient (Wildman–Crippen LogP) is 4.41. The van der Waals surface area contributed by atoms with Crippen LogP contribution in [0, 0.1) is 0 Å². The van der Waals surface area contributed by atoms with Gasteiger partial charge < -0.3 is 20.7 Å². The van der Waals surface area contributed by atoms with Crippen molar-refractivity contribution in [3.05, 3.63) is 65.2 Å². The number of benzene rings is 2. The van der Waals surface area contributed by atoms with Crippen LogP contribution in [0.15, 0.2) is 53.4 Å². The van der Waals surface area contributed by atoms with Crippen molar-refractivity contribution in [2.24, 2.45) is 0 Å². The Labute approximate surface area is 256 Å². The van der Waals surface area contributed by atoms with Gasteiger partial charge in [-0.25, -0.2) is 13.2 Å². The highest BCUT2D eigenvalue weighted by Gasteiger charge is 2.41. The Morgan fingerprint density at radius 2 is 1.47 bits per heavy atom. The molecule has 1 heterocycles. The smallest absolute Gasteiger partial charge is 0.408 e. The largest absolute Gasteiger partial charge is 0.444 e. The molecule has 11 heteroatoms. The first-order chi connectivity index (χ1) is 20.1. The first-order valence-corrected chi connectivity index (χ1v) is 16.3. The van der Waals surface area contributed by atoms with Crippen LogP contribution in [0.3, 0.4) is 0 Å². The summed E-state index contributed by atoms with van der Waals surface area (Å²) in [5.41, 5.74) is 2.39. The topological polar surface area (TPSA) is 134 Å². The lowest BCUT2D eigenvalue weighted by Gasteiger charge is -2.38. The molecule has 236 valence electrons. The lowest BCUT2D eigenvalue weighted by atomic mass is 9.98. The zero-order valence-electron chi connectivity index (χ0n) is 26.3. The van der Waals surface area contributed by atoms with E-state index in [9.17, 15) is 22.8 Å². The van der Waals surface area contributed by atoms with Crippen molar-refractivity contribution in [1.82, 2.24) is 20.3 Å². The van der Waals surface area contributed by atoms with Crippen molar-refractivity contribution < 1.29 is 27.5 Å². The molecule has 1 saturated heterocycles. The molecule has 10 nitrogen and oxygen atoms in total. The third kappa shape index (κ3) is 9.79. The van der Waals surface area contributed by atoms with Gasteiger partial charge in [0.1, 0.15) is 18.2 Å². The number of nitrogens with zero attached hydrogens (tertiary/aromatic N) is 1. The quantitative estimate of drug-likeness (QED) is 0.363. The molecule has 1 fully saturated rings. The maximum Gasteiger partial charge on any atom is 0.408 e. The Bertz CT molecular complexity index is 1370. The molecule has 0 unspecified atom stereocenters. The van der Waals surface area contributed by atoms with Crippen LogP contribution < -0.4 is 16.0 Å². The number of piperidine rings is 1. The second-order valence-corrected chi connectivity index (χ2v) is 14.5. The summed E-state index contributed by atoms with van der Waals surface area (Å²) in [5, 5.41) is 8.15. The number of sulfonamides is 1. The fraction of sp³-hybridized carbons (Fsp3) is 0.531. The number of amides is 3. The van der Waals surface area contributed by atoms with Gasteiger partial charge in [0.15, 0.2) is 0 Å². The van der Waals surface area contributed by atoms with Crippen molar-refractivity contribution in [1.29, 1.82) is 0 Å². The third-order valence-corrected chi connectivity index (χ3v) is 9.20. The molecule has 0 radical (unpaired) electrons. The van der Waals surface area contributed by atoms with Crippen LogP contribution >= 0.6 is 0 Å². The van der Waals surface area contributed by atoms with Crippen LogP contribution in [0.2, 0.25) is 0 Å². The van der Waals surface area contributed by atoms with Crippen LogP contribution in [0.25, 0.3) is 0 Å². The summed E-state index contributed by atoms with van der Waals surface area (Å²) in [6.45, 7) is 13.4. The van der Waals surface area contributed by atoms with Gasteiger partial charge in [0.2, 0.25) is 21.8 Å². The number of hydrogen-bond acceptors (Lipinski definition) is 6. The van der Waals surface area contributed by atoms with Crippen LogP contribution in [-0.4, -0.2) is 61.4 Å². The van der Waals surface area contributed by atoms with E-state index in [2.05, 4.69) is 29.8 Å². The van der Waals surface area contributed by atoms with E-state index in [1.165, 1.54) is 9.87 Å². The Morgan fingerprint density at radius 1 is 0.907 bits per heavy atom. The van der Waals surface area contributed by atoms with Gasteiger partial charge in [-0.1, -0.05) is 64.1 Å². The molecule has 0 bridgehead atoms. The van der Waals surface area contributed by atoms with Crippen molar-refractivity contribution in [2.45, 2.75) is 102 Å². The van der Waals surface area contributed by atoms with E-state index >= 15 is 0 Å². The molecule has 0 aromatic heterocycles. The van der Waals surface area contributed by atoms with Gasteiger partial charge in [0, 0.05) is 19.1 Å². The Balaban J connectivity index is 1.75. The van der Waals surface area contributed by atoms with Crippen molar-refractivity contribution in [3.63, 3.8) is 0 Å². The normalized spacial score (nSPS) is 17.9. The number of carbonyl (C=O) groups is 3. The van der Waals surface area contributed by atoms with Gasteiger partial charge in [0.25, 0.3) is 0 Å². The fourth-order valence-electron chi connectivity index (χ4n) is 4.83. The average Bonchev–Trinajstić information content (AvgIpc) is 2.94. The molecule has 43 heavy (non-hydrogen) atoms. The molecule has 1 aliphatic heterocycles. The van der Waals surface area contributed by atoms with Crippen LogP contribution in [0.4, 0.5) is 4.79 Å². The van der Waals surface area contributed by atoms with E-state index in [0.717, 1.165) is 11.1 Å². The molecule has 3 rings (SSSR count). The van der Waals surface area contributed by atoms with Gasteiger partial charge in [-0.3, -0.25) is 9.59 Å². The highest BCUT2D eigenvalue weighted by Crippen LogP contribution is 2.27. The molecule has 2 aromatic carbocycles. The van der Waals surface area contributed by atoms with Gasteiger partial charge in [-0.05, 0) is 74.3 Å². The van der Waals surface area contributed by atoms with Crippen LogP contribution in [0.1, 0.15) is 89.8 Å². The van der Waals surface area contributed by atoms with E-state index in [1.54, 1.807) is 45.0 Å². The molecule has 2 aromatic rings. The van der Waals surface area contributed by atoms with E-state index in [-0.39, 0.29) is 36.9 Å². The number of nitrogens with one attached hydrogen (secondary N) is 3. The summed E-state index contributed by atoms with van der Waals surface area (Å²) in [6, 6.07) is 13.1. The number of alkyl carbamates (subject to hydrolysis) is 1. The standard InChI is InChI=1S/C32H46N4O6S/c1-21(2)24-10-8-23(9-11-24)19-33-30(38)28-18-26(35-29(37)20-34-31(39)42-32(5,6)7)16-17-36(28)43(40,41)27-14-12-25(13-15-27)22(3)4/h8-15,21-22,26,28H,16-20H2,1-7H3,(H,33,38)(H,34,39)(H,35,37)/t26-,28-/m1/s1. The van der Waals surface area contributed by atoms with Crippen LogP contribution in [-0.2, 0) is 30.9 Å².